The maximum atomic E-state index is 8.61. The average Bonchev–Trinajstić information content (AvgIpc) is 0.811. The molecule has 32 valence electrons. The van der Waals surface area contributed by atoms with Crippen LogP contribution in [0.2, 0.25) is 0 Å². The van der Waals surface area contributed by atoms with Gasteiger partial charge in [0.2, 0.25) is 0 Å². The van der Waals surface area contributed by atoms with Gasteiger partial charge in [0.15, 0.2) is 0 Å². The van der Waals surface area contributed by atoms with Crippen LogP contribution in [0.5, 0.6) is 0 Å². The van der Waals surface area contributed by atoms with Gasteiger partial charge < -0.3 is 0 Å². The Morgan fingerprint density at radius 2 is 1.00 bits per heavy atom. The Hall–Kier alpha value is 0.0883. The third kappa shape index (κ3) is 2290. The van der Waals surface area contributed by atoms with Gasteiger partial charge in [-0.3, -0.25) is 0 Å². The summed E-state index contributed by atoms with van der Waals surface area (Å²) in [5.74, 6) is 0. The monoisotopic (exact) mass is 248 g/mol. The van der Waals surface area contributed by atoms with E-state index < -0.39 is 17.2 Å². The molecule has 0 rings (SSSR count). The number of rotatable bonds is 0. The molecule has 0 amide bonds. The van der Waals surface area contributed by atoms with Gasteiger partial charge in [0.25, 0.3) is 0 Å². The molecule has 0 aliphatic rings. The minimum atomic E-state index is -4.28. The Kier molecular flexibility index (Phi) is 7.29. The van der Waals surface area contributed by atoms with Gasteiger partial charge in [-0.25, -0.2) is 0 Å². The molecule has 0 radical (unpaired) electrons. The third-order valence-corrected chi connectivity index (χ3v) is 0. The van der Waals surface area contributed by atoms with E-state index in [1.54, 1.807) is 0 Å². The normalized spacial score (nSPS) is 4.80. The topological polar surface area (TPSA) is 51.2 Å². The summed E-state index contributed by atoms with van der Waals surface area (Å²) >= 11 is -4.28. The molecule has 0 aliphatic carbocycles. The fourth-order valence-electron chi connectivity index (χ4n) is 0. The fourth-order valence-corrected chi connectivity index (χ4v) is 0. The first-order valence-corrected chi connectivity index (χ1v) is 4.09. The van der Waals surface area contributed by atoms with Crippen LogP contribution < -0.4 is 0 Å². The summed E-state index contributed by atoms with van der Waals surface area (Å²) < 4.78 is 25.8. The molecule has 0 saturated heterocycles. The van der Waals surface area contributed by atoms with Crippen LogP contribution in [-0.2, 0) is 27.4 Å². The van der Waals surface area contributed by atoms with E-state index in [4.69, 9.17) is 10.2 Å². The van der Waals surface area contributed by atoms with Crippen molar-refractivity contribution < 1.29 is 27.4 Å². The maximum absolute atomic E-state index is 8.61. The van der Waals surface area contributed by atoms with Crippen LogP contribution in [0.3, 0.4) is 0 Å². The zero-order valence-corrected chi connectivity index (χ0v) is 4.57. The Bertz CT molecular complexity index is 76.3. The van der Waals surface area contributed by atoms with Crippen molar-refractivity contribution in [3.63, 3.8) is 0 Å². The molecule has 0 spiro atoms. The van der Waals surface area contributed by atoms with Gasteiger partial charge in [-0.1, -0.05) is 7.43 Å². The van der Waals surface area contributed by atoms with Gasteiger partial charge in [-0.05, 0) is 0 Å². The molecule has 0 aromatic carbocycles. The second kappa shape index (κ2) is 4.09. The van der Waals surface area contributed by atoms with Gasteiger partial charge in [0.05, 0.1) is 0 Å². The molecule has 3 nitrogen and oxygen atoms in total. The first kappa shape index (κ1) is 8.92. The predicted molar refractivity (Wildman–Crippen MR) is 8.79 cm³/mol. The van der Waals surface area contributed by atoms with E-state index in [0.717, 1.165) is 0 Å². The molecule has 0 aromatic rings. The van der Waals surface area contributed by atoms with Crippen molar-refractivity contribution in [2.45, 2.75) is 7.43 Å². The molecule has 0 heterocycles. The molecule has 0 N–H and O–H groups in total. The molecule has 5 heavy (non-hydrogen) atoms. The van der Waals surface area contributed by atoms with Gasteiger partial charge in [0.1, 0.15) is 0 Å². The van der Waals surface area contributed by atoms with Crippen molar-refractivity contribution in [1.29, 1.82) is 0 Å². The summed E-state index contributed by atoms with van der Waals surface area (Å²) in [6, 6.07) is 0. The molecular weight excluding hydrogens is 244 g/mol. The summed E-state index contributed by atoms with van der Waals surface area (Å²) in [5, 5.41) is 0. The van der Waals surface area contributed by atoms with E-state index in [1.165, 1.54) is 0 Å². The van der Waals surface area contributed by atoms with Crippen LogP contribution in [0.15, 0.2) is 0 Å². The van der Waals surface area contributed by atoms with Gasteiger partial charge in [0, 0.05) is 0 Å². The second-order valence-electron chi connectivity index (χ2n) is 0.204. The van der Waals surface area contributed by atoms with E-state index in [9.17, 15) is 0 Å². The van der Waals surface area contributed by atoms with Crippen LogP contribution in [0, 0.1) is 0 Å². The molecular formula is CH4O3W. The molecule has 0 aromatic heterocycles. The van der Waals surface area contributed by atoms with E-state index in [-0.39, 0.29) is 7.43 Å². The second-order valence-corrected chi connectivity index (χ2v) is 1.67. The zero-order chi connectivity index (χ0) is 3.58. The standard InChI is InChI=1S/CH4.3O.W/h1H4;;;;. The first-order chi connectivity index (χ1) is 1.73. The van der Waals surface area contributed by atoms with Crippen molar-refractivity contribution in [1.82, 2.24) is 0 Å². The Morgan fingerprint density at radius 3 is 1.00 bits per heavy atom. The molecule has 0 aliphatic heterocycles. The molecule has 0 saturated carbocycles. The summed E-state index contributed by atoms with van der Waals surface area (Å²) in [5.41, 5.74) is 0. The van der Waals surface area contributed by atoms with E-state index in [1.807, 2.05) is 0 Å². The summed E-state index contributed by atoms with van der Waals surface area (Å²) in [7, 11) is 0. The van der Waals surface area contributed by atoms with Crippen molar-refractivity contribution in [2.24, 2.45) is 0 Å². The van der Waals surface area contributed by atoms with Gasteiger partial charge in [-0.15, -0.1) is 0 Å². The van der Waals surface area contributed by atoms with E-state index in [2.05, 4.69) is 0 Å². The molecule has 0 unspecified atom stereocenters. The van der Waals surface area contributed by atoms with Crippen molar-refractivity contribution in [2.75, 3.05) is 0 Å². The molecule has 0 bridgehead atoms. The Labute approximate surface area is 35.5 Å². The Balaban J connectivity index is 0. The minimum absolute atomic E-state index is 0. The van der Waals surface area contributed by atoms with Crippen molar-refractivity contribution >= 4 is 0 Å². The van der Waals surface area contributed by atoms with Crippen LogP contribution >= 0.6 is 0 Å². The molecule has 0 atom stereocenters. The SMILES string of the molecule is C.[O]=[W](=[O])=[O]. The molecule has 0 fully saturated rings. The quantitative estimate of drug-likeness (QED) is 0.618. The number of hydrogen-bond acceptors (Lipinski definition) is 3. The van der Waals surface area contributed by atoms with E-state index >= 15 is 0 Å². The van der Waals surface area contributed by atoms with Crippen LogP contribution in [0.1, 0.15) is 7.43 Å². The summed E-state index contributed by atoms with van der Waals surface area (Å²) in [6.07, 6.45) is 0. The third-order valence-electron chi connectivity index (χ3n) is 0. The van der Waals surface area contributed by atoms with Crippen LogP contribution in [0.4, 0.5) is 0 Å². The van der Waals surface area contributed by atoms with Gasteiger partial charge >= 0.3 is 27.4 Å². The van der Waals surface area contributed by atoms with E-state index in [0.29, 0.717) is 0 Å². The zero-order valence-electron chi connectivity index (χ0n) is 1.63. The van der Waals surface area contributed by atoms with Crippen molar-refractivity contribution in [3.8, 4) is 0 Å². The molecule has 4 heteroatoms. The van der Waals surface area contributed by atoms with Crippen LogP contribution in [-0.4, -0.2) is 0 Å². The number of hydrogen-bond donors (Lipinski definition) is 0. The van der Waals surface area contributed by atoms with Crippen molar-refractivity contribution in [3.05, 3.63) is 0 Å². The average molecular weight is 248 g/mol. The van der Waals surface area contributed by atoms with Gasteiger partial charge in [-0.2, -0.15) is 0 Å². The summed E-state index contributed by atoms with van der Waals surface area (Å²) in [4.78, 5) is 0. The predicted octanol–water partition coefficient (Wildman–Crippen LogP) is 0.277. The first-order valence-electron chi connectivity index (χ1n) is 0.500. The van der Waals surface area contributed by atoms with Crippen LogP contribution in [0.25, 0.3) is 0 Å². The fraction of sp³-hybridized carbons (Fsp3) is 1.00. The summed E-state index contributed by atoms with van der Waals surface area (Å²) in [6.45, 7) is 0. The Morgan fingerprint density at radius 1 is 1.00 bits per heavy atom.